The van der Waals surface area contributed by atoms with E-state index in [1.54, 1.807) is 0 Å². The second-order valence-electron chi connectivity index (χ2n) is 6.82. The van der Waals surface area contributed by atoms with E-state index in [-0.39, 0.29) is 17.5 Å². The van der Waals surface area contributed by atoms with E-state index in [2.05, 4.69) is 15.6 Å². The van der Waals surface area contributed by atoms with Crippen molar-refractivity contribution in [3.63, 3.8) is 0 Å². The lowest BCUT2D eigenvalue weighted by Gasteiger charge is -2.16. The summed E-state index contributed by atoms with van der Waals surface area (Å²) in [4.78, 5) is 4.63. The number of aliphatic imine (C=N–C) groups is 1. The SMILES string of the molecule is CCNC(=NCc1ccccc1OCc1ccccc1)NC1CCS(=O)(=O)C1. The summed E-state index contributed by atoms with van der Waals surface area (Å²) in [7, 11) is -2.93. The number of benzene rings is 2. The molecule has 7 heteroatoms. The average molecular weight is 402 g/mol. The maximum Gasteiger partial charge on any atom is 0.191 e. The van der Waals surface area contributed by atoms with Crippen molar-refractivity contribution < 1.29 is 13.2 Å². The van der Waals surface area contributed by atoms with Gasteiger partial charge in [-0.15, -0.1) is 0 Å². The van der Waals surface area contributed by atoms with Crippen LogP contribution in [-0.4, -0.2) is 38.5 Å². The smallest absolute Gasteiger partial charge is 0.191 e. The van der Waals surface area contributed by atoms with Gasteiger partial charge in [-0.25, -0.2) is 13.4 Å². The van der Waals surface area contributed by atoms with Crippen LogP contribution >= 0.6 is 0 Å². The molecular weight excluding hydrogens is 374 g/mol. The summed E-state index contributed by atoms with van der Waals surface area (Å²) in [5.74, 6) is 1.82. The Morgan fingerprint density at radius 2 is 1.89 bits per heavy atom. The largest absolute Gasteiger partial charge is 0.489 e. The Labute approximate surface area is 167 Å². The molecule has 0 saturated carbocycles. The van der Waals surface area contributed by atoms with Gasteiger partial charge in [0, 0.05) is 18.2 Å². The maximum absolute atomic E-state index is 11.7. The predicted octanol–water partition coefficient (Wildman–Crippen LogP) is 2.51. The van der Waals surface area contributed by atoms with Crippen LogP contribution in [0.15, 0.2) is 59.6 Å². The van der Waals surface area contributed by atoms with E-state index in [9.17, 15) is 8.42 Å². The first-order valence-electron chi connectivity index (χ1n) is 9.55. The molecule has 0 aliphatic carbocycles. The Morgan fingerprint density at radius 1 is 1.14 bits per heavy atom. The van der Waals surface area contributed by atoms with Crippen molar-refractivity contribution in [2.24, 2.45) is 4.99 Å². The predicted molar refractivity (Wildman–Crippen MR) is 112 cm³/mol. The van der Waals surface area contributed by atoms with Crippen molar-refractivity contribution in [1.29, 1.82) is 0 Å². The molecule has 3 rings (SSSR count). The zero-order valence-corrected chi connectivity index (χ0v) is 16.9. The Bertz CT molecular complexity index is 898. The van der Waals surface area contributed by atoms with Crippen molar-refractivity contribution in [2.45, 2.75) is 32.5 Å². The van der Waals surface area contributed by atoms with E-state index in [0.29, 0.717) is 32.1 Å². The van der Waals surface area contributed by atoms with E-state index >= 15 is 0 Å². The topological polar surface area (TPSA) is 79.8 Å². The molecule has 2 aromatic carbocycles. The van der Waals surface area contributed by atoms with Gasteiger partial charge in [0.2, 0.25) is 0 Å². The molecule has 0 bridgehead atoms. The van der Waals surface area contributed by atoms with E-state index in [1.807, 2.05) is 61.5 Å². The standard InChI is InChI=1S/C21H27N3O3S/c1-2-22-21(24-19-12-13-28(25,26)16-19)23-14-18-10-6-7-11-20(18)27-15-17-8-4-3-5-9-17/h3-11,19H,2,12-16H2,1H3,(H2,22,23,24). The van der Waals surface area contributed by atoms with Gasteiger partial charge >= 0.3 is 0 Å². The van der Waals surface area contributed by atoms with Crippen LogP contribution in [0.1, 0.15) is 24.5 Å². The van der Waals surface area contributed by atoms with Crippen LogP contribution < -0.4 is 15.4 Å². The third-order valence-electron chi connectivity index (χ3n) is 4.53. The second-order valence-corrected chi connectivity index (χ2v) is 9.05. The van der Waals surface area contributed by atoms with Gasteiger partial charge in [0.25, 0.3) is 0 Å². The number of nitrogens with one attached hydrogen (secondary N) is 2. The molecule has 0 spiro atoms. The molecule has 28 heavy (non-hydrogen) atoms. The fourth-order valence-electron chi connectivity index (χ4n) is 3.10. The summed E-state index contributed by atoms with van der Waals surface area (Å²) in [6.45, 7) is 3.64. The van der Waals surface area contributed by atoms with Crippen molar-refractivity contribution in [1.82, 2.24) is 10.6 Å². The van der Waals surface area contributed by atoms with E-state index in [0.717, 1.165) is 16.9 Å². The lowest BCUT2D eigenvalue weighted by Crippen LogP contribution is -2.44. The summed E-state index contributed by atoms with van der Waals surface area (Å²) < 4.78 is 29.3. The zero-order chi connectivity index (χ0) is 19.8. The fraction of sp³-hybridized carbons (Fsp3) is 0.381. The summed E-state index contributed by atoms with van der Waals surface area (Å²) in [5.41, 5.74) is 2.09. The molecule has 0 aromatic heterocycles. The number of hydrogen-bond acceptors (Lipinski definition) is 4. The van der Waals surface area contributed by atoms with Crippen molar-refractivity contribution in [2.75, 3.05) is 18.1 Å². The summed E-state index contributed by atoms with van der Waals surface area (Å²) in [5, 5.41) is 6.43. The second kappa shape index (κ2) is 9.59. The van der Waals surface area contributed by atoms with E-state index in [4.69, 9.17) is 4.74 Å². The van der Waals surface area contributed by atoms with Crippen LogP contribution in [0.2, 0.25) is 0 Å². The van der Waals surface area contributed by atoms with Crippen LogP contribution in [0.5, 0.6) is 5.75 Å². The Balaban J connectivity index is 1.65. The average Bonchev–Trinajstić information content (AvgIpc) is 3.04. The number of ether oxygens (including phenoxy) is 1. The quantitative estimate of drug-likeness (QED) is 0.550. The first kappa shape index (κ1) is 20.2. The monoisotopic (exact) mass is 401 g/mol. The van der Waals surface area contributed by atoms with Crippen LogP contribution in [-0.2, 0) is 23.0 Å². The molecule has 0 radical (unpaired) electrons. The van der Waals surface area contributed by atoms with Gasteiger partial charge < -0.3 is 15.4 Å². The Hall–Kier alpha value is -2.54. The molecule has 0 amide bonds. The fourth-order valence-corrected chi connectivity index (χ4v) is 4.77. The number of para-hydroxylation sites is 1. The lowest BCUT2D eigenvalue weighted by molar-refractivity contribution is 0.303. The van der Waals surface area contributed by atoms with Crippen molar-refractivity contribution in [3.8, 4) is 5.75 Å². The Morgan fingerprint density at radius 3 is 2.61 bits per heavy atom. The minimum absolute atomic E-state index is 0.0904. The summed E-state index contributed by atoms with van der Waals surface area (Å²) >= 11 is 0. The highest BCUT2D eigenvalue weighted by Gasteiger charge is 2.28. The first-order chi connectivity index (χ1) is 13.6. The van der Waals surface area contributed by atoms with Gasteiger partial charge in [0.05, 0.1) is 18.1 Å². The van der Waals surface area contributed by atoms with Crippen molar-refractivity contribution in [3.05, 3.63) is 65.7 Å². The number of rotatable bonds is 7. The molecule has 150 valence electrons. The number of sulfone groups is 1. The Kier molecular flexibility index (Phi) is 6.92. The third kappa shape index (κ3) is 5.99. The summed E-state index contributed by atoms with van der Waals surface area (Å²) in [6, 6.07) is 17.8. The van der Waals surface area contributed by atoms with Gasteiger partial charge in [-0.2, -0.15) is 0 Å². The van der Waals surface area contributed by atoms with Crippen molar-refractivity contribution >= 4 is 15.8 Å². The highest BCUT2D eigenvalue weighted by Crippen LogP contribution is 2.20. The minimum Gasteiger partial charge on any atom is -0.489 e. The van der Waals surface area contributed by atoms with Crippen LogP contribution in [0.4, 0.5) is 0 Å². The van der Waals surface area contributed by atoms with Gasteiger partial charge in [0.1, 0.15) is 12.4 Å². The minimum atomic E-state index is -2.93. The van der Waals surface area contributed by atoms with Crippen LogP contribution in [0.25, 0.3) is 0 Å². The van der Waals surface area contributed by atoms with Crippen LogP contribution in [0.3, 0.4) is 0 Å². The van der Waals surface area contributed by atoms with E-state index < -0.39 is 9.84 Å². The number of guanidine groups is 1. The van der Waals surface area contributed by atoms with E-state index in [1.165, 1.54) is 0 Å². The molecule has 1 unspecified atom stereocenters. The number of nitrogens with zero attached hydrogens (tertiary/aromatic N) is 1. The molecule has 1 atom stereocenters. The molecule has 1 aliphatic heterocycles. The zero-order valence-electron chi connectivity index (χ0n) is 16.1. The van der Waals surface area contributed by atoms with Crippen LogP contribution in [0, 0.1) is 0 Å². The third-order valence-corrected chi connectivity index (χ3v) is 6.30. The normalized spacial score (nSPS) is 18.6. The molecule has 1 fully saturated rings. The van der Waals surface area contributed by atoms with Gasteiger partial charge in [-0.05, 0) is 25.0 Å². The molecule has 6 nitrogen and oxygen atoms in total. The highest BCUT2D eigenvalue weighted by atomic mass is 32.2. The molecular formula is C21H27N3O3S. The van der Waals surface area contributed by atoms with Gasteiger partial charge in [-0.1, -0.05) is 48.5 Å². The number of hydrogen-bond donors (Lipinski definition) is 2. The van der Waals surface area contributed by atoms with Gasteiger partial charge in [-0.3, -0.25) is 0 Å². The molecule has 1 aliphatic rings. The highest BCUT2D eigenvalue weighted by molar-refractivity contribution is 7.91. The maximum atomic E-state index is 11.7. The molecule has 1 saturated heterocycles. The molecule has 2 N–H and O–H groups in total. The summed E-state index contributed by atoms with van der Waals surface area (Å²) in [6.07, 6.45) is 0.615. The lowest BCUT2D eigenvalue weighted by atomic mass is 10.2. The van der Waals surface area contributed by atoms with Gasteiger partial charge in [0.15, 0.2) is 15.8 Å². The molecule has 2 aromatic rings. The molecule has 1 heterocycles. The first-order valence-corrected chi connectivity index (χ1v) is 11.4.